The topological polar surface area (TPSA) is 72.5 Å². The monoisotopic (exact) mass is 185 g/mol. The third-order valence-corrected chi connectivity index (χ3v) is 2.02. The Kier molecular flexibility index (Phi) is 2.77. The molecule has 1 rings (SSSR count). The minimum absolute atomic E-state index is 0.0386. The van der Waals surface area contributed by atoms with Crippen molar-refractivity contribution in [2.45, 2.75) is 19.4 Å². The van der Waals surface area contributed by atoms with Crippen LogP contribution in [-0.2, 0) is 19.1 Å². The number of amides is 2. The number of Topliss-reactive ketones (excluding diaryl/α,β-unsaturated/α-hetero) is 1. The van der Waals surface area contributed by atoms with E-state index in [9.17, 15) is 14.4 Å². The lowest BCUT2D eigenvalue weighted by Gasteiger charge is -2.15. The highest BCUT2D eigenvalue weighted by Gasteiger charge is 2.39. The summed E-state index contributed by atoms with van der Waals surface area (Å²) in [5.74, 6) is -1.67. The van der Waals surface area contributed by atoms with Crippen molar-refractivity contribution < 1.29 is 19.1 Å². The Labute approximate surface area is 75.4 Å². The number of hydrogen-bond acceptors (Lipinski definition) is 4. The van der Waals surface area contributed by atoms with Crippen molar-refractivity contribution in [2.75, 3.05) is 7.11 Å². The molecule has 1 aliphatic rings. The summed E-state index contributed by atoms with van der Waals surface area (Å²) in [6.45, 7) is 1.34. The number of carbonyl (C=O) groups excluding carboxylic acids is 3. The first-order valence-corrected chi connectivity index (χ1v) is 3.93. The van der Waals surface area contributed by atoms with Crippen LogP contribution in [0.15, 0.2) is 0 Å². The zero-order valence-electron chi connectivity index (χ0n) is 7.49. The first kappa shape index (κ1) is 9.85. The van der Waals surface area contributed by atoms with Gasteiger partial charge in [0, 0.05) is 13.5 Å². The van der Waals surface area contributed by atoms with Crippen molar-refractivity contribution in [1.82, 2.24) is 5.32 Å². The average molecular weight is 185 g/mol. The van der Waals surface area contributed by atoms with Gasteiger partial charge in [0.1, 0.15) is 6.10 Å². The second-order valence-corrected chi connectivity index (χ2v) is 2.99. The molecule has 1 N–H and O–H groups in total. The van der Waals surface area contributed by atoms with Crippen LogP contribution in [0.5, 0.6) is 0 Å². The highest BCUT2D eigenvalue weighted by Crippen LogP contribution is 2.18. The fraction of sp³-hybridized carbons (Fsp3) is 0.625. The minimum atomic E-state index is -0.800. The van der Waals surface area contributed by atoms with E-state index in [1.54, 1.807) is 0 Å². The maximum Gasteiger partial charge on any atom is 0.233 e. The number of ketones is 1. The van der Waals surface area contributed by atoms with Gasteiger partial charge in [-0.3, -0.25) is 19.7 Å². The fourth-order valence-electron chi connectivity index (χ4n) is 1.43. The Morgan fingerprint density at radius 1 is 1.62 bits per heavy atom. The van der Waals surface area contributed by atoms with Crippen LogP contribution < -0.4 is 5.32 Å². The highest BCUT2D eigenvalue weighted by molar-refractivity contribution is 6.05. The Hall–Kier alpha value is -1.23. The average Bonchev–Trinajstić information content (AvgIpc) is 2.31. The van der Waals surface area contributed by atoms with E-state index >= 15 is 0 Å². The van der Waals surface area contributed by atoms with Crippen LogP contribution in [0.4, 0.5) is 0 Å². The van der Waals surface area contributed by atoms with Crippen LogP contribution in [0, 0.1) is 5.92 Å². The quantitative estimate of drug-likeness (QED) is 0.587. The molecule has 0 saturated carbocycles. The van der Waals surface area contributed by atoms with Crippen LogP contribution in [0.2, 0.25) is 0 Å². The van der Waals surface area contributed by atoms with Crippen molar-refractivity contribution in [3.8, 4) is 0 Å². The van der Waals surface area contributed by atoms with Crippen LogP contribution in [0.1, 0.15) is 13.3 Å². The first-order chi connectivity index (χ1) is 6.06. The number of rotatable bonds is 3. The third-order valence-electron chi connectivity index (χ3n) is 2.02. The zero-order valence-corrected chi connectivity index (χ0v) is 7.49. The second-order valence-electron chi connectivity index (χ2n) is 2.99. The van der Waals surface area contributed by atoms with E-state index in [1.165, 1.54) is 14.0 Å². The van der Waals surface area contributed by atoms with E-state index < -0.39 is 17.9 Å². The molecule has 0 aromatic carbocycles. The summed E-state index contributed by atoms with van der Waals surface area (Å²) in [5, 5.41) is 2.13. The molecule has 0 spiro atoms. The molecule has 1 fully saturated rings. The number of hydrogen-bond donors (Lipinski definition) is 1. The largest absolute Gasteiger partial charge is 0.373 e. The lowest BCUT2D eigenvalue weighted by atomic mass is 9.98. The third kappa shape index (κ3) is 1.92. The van der Waals surface area contributed by atoms with Gasteiger partial charge in [0.25, 0.3) is 0 Å². The first-order valence-electron chi connectivity index (χ1n) is 3.93. The second kappa shape index (κ2) is 3.66. The molecule has 13 heavy (non-hydrogen) atoms. The number of methoxy groups -OCH3 is 1. The van der Waals surface area contributed by atoms with E-state index in [-0.39, 0.29) is 18.1 Å². The van der Waals surface area contributed by atoms with E-state index in [4.69, 9.17) is 4.74 Å². The normalized spacial score (nSPS) is 24.3. The van der Waals surface area contributed by atoms with Gasteiger partial charge in [-0.15, -0.1) is 0 Å². The number of ether oxygens (including phenoxy) is 1. The molecule has 0 aliphatic carbocycles. The van der Waals surface area contributed by atoms with Gasteiger partial charge in [-0.2, -0.15) is 0 Å². The maximum absolute atomic E-state index is 11.1. The summed E-state index contributed by atoms with van der Waals surface area (Å²) in [6, 6.07) is 0. The Balaban J connectivity index is 2.75. The van der Waals surface area contributed by atoms with E-state index in [2.05, 4.69) is 5.32 Å². The molecule has 1 aliphatic heterocycles. The summed E-state index contributed by atoms with van der Waals surface area (Å²) in [7, 11) is 1.35. The summed E-state index contributed by atoms with van der Waals surface area (Å²) >= 11 is 0. The molecule has 72 valence electrons. The van der Waals surface area contributed by atoms with Crippen molar-refractivity contribution in [1.29, 1.82) is 0 Å². The summed E-state index contributed by atoms with van der Waals surface area (Å²) in [6.07, 6.45) is -0.761. The molecule has 0 aromatic heterocycles. The predicted molar refractivity (Wildman–Crippen MR) is 42.7 cm³/mol. The van der Waals surface area contributed by atoms with Gasteiger partial charge >= 0.3 is 0 Å². The van der Waals surface area contributed by atoms with Crippen LogP contribution in [0.25, 0.3) is 0 Å². The molecule has 5 nitrogen and oxygen atoms in total. The predicted octanol–water partition coefficient (Wildman–Crippen LogP) is -0.747. The molecule has 2 unspecified atom stereocenters. The lowest BCUT2D eigenvalue weighted by Crippen LogP contribution is -2.35. The highest BCUT2D eigenvalue weighted by atomic mass is 16.5. The van der Waals surface area contributed by atoms with Gasteiger partial charge in [0.05, 0.1) is 5.92 Å². The molecular weight excluding hydrogens is 174 g/mol. The van der Waals surface area contributed by atoms with E-state index in [1.807, 2.05) is 0 Å². The van der Waals surface area contributed by atoms with Crippen LogP contribution >= 0.6 is 0 Å². The SMILES string of the molecule is COC(C(C)=O)C1CC(=O)NC1=O. The molecule has 0 radical (unpaired) electrons. The van der Waals surface area contributed by atoms with Gasteiger partial charge < -0.3 is 4.74 Å². The van der Waals surface area contributed by atoms with Crippen molar-refractivity contribution in [2.24, 2.45) is 5.92 Å². The number of nitrogens with one attached hydrogen (secondary N) is 1. The summed E-state index contributed by atoms with van der Waals surface area (Å²) in [4.78, 5) is 32.9. The standard InChI is InChI=1S/C8H11NO4/c1-4(10)7(13-2)5-3-6(11)9-8(5)12/h5,7H,3H2,1-2H3,(H,9,11,12). The number of carbonyl (C=O) groups is 3. The smallest absolute Gasteiger partial charge is 0.233 e. The molecule has 1 saturated heterocycles. The molecule has 2 atom stereocenters. The maximum atomic E-state index is 11.1. The Bertz CT molecular complexity index is 261. The molecule has 0 aromatic rings. The molecule has 5 heteroatoms. The molecule has 2 amide bonds. The minimum Gasteiger partial charge on any atom is -0.373 e. The molecular formula is C8H11NO4. The van der Waals surface area contributed by atoms with Gasteiger partial charge in [-0.1, -0.05) is 0 Å². The Morgan fingerprint density at radius 2 is 2.23 bits per heavy atom. The van der Waals surface area contributed by atoms with Crippen molar-refractivity contribution in [3.63, 3.8) is 0 Å². The molecule has 0 bridgehead atoms. The van der Waals surface area contributed by atoms with Crippen LogP contribution in [0.3, 0.4) is 0 Å². The van der Waals surface area contributed by atoms with E-state index in [0.29, 0.717) is 0 Å². The zero-order chi connectivity index (χ0) is 10.0. The summed E-state index contributed by atoms with van der Waals surface area (Å²) in [5.41, 5.74) is 0. The van der Waals surface area contributed by atoms with Gasteiger partial charge in [-0.05, 0) is 6.92 Å². The van der Waals surface area contributed by atoms with Gasteiger partial charge in [0.15, 0.2) is 5.78 Å². The van der Waals surface area contributed by atoms with Gasteiger partial charge in [0.2, 0.25) is 11.8 Å². The lowest BCUT2D eigenvalue weighted by molar-refractivity contribution is -0.137. The fourth-order valence-corrected chi connectivity index (χ4v) is 1.43. The van der Waals surface area contributed by atoms with Crippen molar-refractivity contribution >= 4 is 17.6 Å². The van der Waals surface area contributed by atoms with Gasteiger partial charge in [-0.25, -0.2) is 0 Å². The summed E-state index contributed by atoms with van der Waals surface area (Å²) < 4.78 is 4.85. The van der Waals surface area contributed by atoms with E-state index in [0.717, 1.165) is 0 Å². The van der Waals surface area contributed by atoms with Crippen LogP contribution in [-0.4, -0.2) is 30.8 Å². The molecule has 1 heterocycles. The Morgan fingerprint density at radius 3 is 2.54 bits per heavy atom. The number of imide groups is 1. The van der Waals surface area contributed by atoms with Crippen molar-refractivity contribution in [3.05, 3.63) is 0 Å².